The van der Waals surface area contributed by atoms with Crippen molar-refractivity contribution in [3.05, 3.63) is 0 Å². The molecule has 0 N–H and O–H groups in total. The quantitative estimate of drug-likeness (QED) is 0.470. The van der Waals surface area contributed by atoms with Gasteiger partial charge in [-0.15, -0.1) is 0 Å². The molecule has 0 bridgehead atoms. The molecule has 0 unspecified atom stereocenters. The zero-order valence-electron chi connectivity index (χ0n) is 5.70. The van der Waals surface area contributed by atoms with Crippen molar-refractivity contribution in [2.45, 2.75) is 32.2 Å². The fourth-order valence-electron chi connectivity index (χ4n) is 0.866. The van der Waals surface area contributed by atoms with Gasteiger partial charge in [0.05, 0.1) is 0 Å². The molecule has 0 fully saturated rings. The minimum atomic E-state index is 0.328. The van der Waals surface area contributed by atoms with Crippen LogP contribution in [0.2, 0.25) is 5.54 Å². The molecule has 0 rings (SSSR count). The van der Waals surface area contributed by atoms with Gasteiger partial charge < -0.3 is 0 Å². The molecule has 0 nitrogen and oxygen atoms in total. The second-order valence-electron chi connectivity index (χ2n) is 2.09. The summed E-state index contributed by atoms with van der Waals surface area (Å²) in [6.45, 7) is 4.59. The second kappa shape index (κ2) is 4.96. The van der Waals surface area contributed by atoms with Gasteiger partial charge in [-0.1, -0.05) is 0 Å². The van der Waals surface area contributed by atoms with Gasteiger partial charge in [0.25, 0.3) is 0 Å². The zero-order chi connectivity index (χ0) is 5.70. The van der Waals surface area contributed by atoms with Crippen molar-refractivity contribution in [1.82, 2.24) is 0 Å². The van der Waals surface area contributed by atoms with E-state index in [-0.39, 0.29) is 0 Å². The van der Waals surface area contributed by atoms with E-state index in [0.717, 1.165) is 5.54 Å². The maximum absolute atomic E-state index is 2.40. The van der Waals surface area contributed by atoms with Crippen LogP contribution < -0.4 is 0 Å². The molecular formula is C5H13LiSi. The summed E-state index contributed by atoms with van der Waals surface area (Å²) in [5.74, 6) is 0. The summed E-state index contributed by atoms with van der Waals surface area (Å²) >= 11 is 2.40. The molecule has 0 aliphatic rings. The van der Waals surface area contributed by atoms with E-state index in [0.29, 0.717) is 7.84 Å². The van der Waals surface area contributed by atoms with Crippen molar-refractivity contribution >= 4 is 24.9 Å². The van der Waals surface area contributed by atoms with Gasteiger partial charge >= 0.3 is 57.1 Å². The van der Waals surface area contributed by atoms with Crippen LogP contribution in [0.3, 0.4) is 0 Å². The summed E-state index contributed by atoms with van der Waals surface area (Å²) in [6, 6.07) is 0. The third kappa shape index (κ3) is 3.40. The van der Waals surface area contributed by atoms with Gasteiger partial charge in [0.2, 0.25) is 0 Å². The van der Waals surface area contributed by atoms with E-state index in [9.17, 15) is 0 Å². The molecule has 0 spiro atoms. The molecule has 0 aromatic rings. The van der Waals surface area contributed by atoms with Gasteiger partial charge in [-0.25, -0.2) is 0 Å². The van der Waals surface area contributed by atoms with E-state index in [1.54, 1.807) is 0 Å². The van der Waals surface area contributed by atoms with E-state index < -0.39 is 0 Å². The molecular weight excluding hydrogens is 95.1 g/mol. The van der Waals surface area contributed by atoms with Crippen LogP contribution in [0, 0.1) is 0 Å². The molecule has 2 heteroatoms. The SMILES string of the molecule is [Li][SiH2]C(CC)CC. The Morgan fingerprint density at radius 1 is 1.43 bits per heavy atom. The van der Waals surface area contributed by atoms with Crippen LogP contribution in [0.15, 0.2) is 0 Å². The molecule has 0 aromatic heterocycles. The van der Waals surface area contributed by atoms with Gasteiger partial charge in [-0.3, -0.25) is 0 Å². The summed E-state index contributed by atoms with van der Waals surface area (Å²) < 4.78 is 0. The van der Waals surface area contributed by atoms with Crippen LogP contribution in [0.25, 0.3) is 0 Å². The summed E-state index contributed by atoms with van der Waals surface area (Å²) in [4.78, 5) is 0. The van der Waals surface area contributed by atoms with Crippen LogP contribution in [0.1, 0.15) is 26.7 Å². The first-order valence-corrected chi connectivity index (χ1v) is 5.58. The molecule has 0 saturated heterocycles. The predicted octanol–water partition coefficient (Wildman–Crippen LogP) is 0.847. The number of rotatable bonds is 3. The average Bonchev–Trinajstić information content (AvgIpc) is 1.72. The Labute approximate surface area is 57.4 Å². The second-order valence-corrected chi connectivity index (χ2v) is 4.06. The molecule has 0 saturated carbocycles. The Morgan fingerprint density at radius 2 is 1.86 bits per heavy atom. The summed E-state index contributed by atoms with van der Waals surface area (Å²) in [5.41, 5.74) is 1.12. The molecule has 0 heterocycles. The summed E-state index contributed by atoms with van der Waals surface area (Å²) in [7, 11) is 0.328. The van der Waals surface area contributed by atoms with E-state index in [1.807, 2.05) is 0 Å². The molecule has 0 amide bonds. The fourth-order valence-corrected chi connectivity index (χ4v) is 2.02. The molecule has 0 aliphatic heterocycles. The Hall–Kier alpha value is 0.814. The van der Waals surface area contributed by atoms with E-state index in [2.05, 4.69) is 30.9 Å². The monoisotopic (exact) mass is 108 g/mol. The standard InChI is InChI=1S/C5H13Si.Li/c1-3-5(6)4-2;/h5H,3-4,6H2,1-2H3;. The Balaban J connectivity index is 2.99. The molecule has 0 radical (unpaired) electrons. The zero-order valence-corrected chi connectivity index (χ0v) is 7.11. The first kappa shape index (κ1) is 7.81. The minimum absolute atomic E-state index is 0.328. The van der Waals surface area contributed by atoms with Crippen LogP contribution in [-0.4, -0.2) is 24.9 Å². The van der Waals surface area contributed by atoms with Crippen molar-refractivity contribution in [2.75, 3.05) is 0 Å². The topological polar surface area (TPSA) is 0 Å². The first-order valence-electron chi connectivity index (χ1n) is 3.35. The third-order valence-electron chi connectivity index (χ3n) is 1.73. The summed E-state index contributed by atoms with van der Waals surface area (Å²) in [6.07, 6.45) is 2.83. The van der Waals surface area contributed by atoms with Crippen molar-refractivity contribution < 1.29 is 0 Å². The Bertz CT molecular complexity index is 29.6. The number of hydrogen-bond donors (Lipinski definition) is 0. The van der Waals surface area contributed by atoms with Gasteiger partial charge in [-0.2, -0.15) is 0 Å². The molecule has 38 valence electrons. The van der Waals surface area contributed by atoms with Crippen molar-refractivity contribution in [3.8, 4) is 0 Å². The van der Waals surface area contributed by atoms with Crippen LogP contribution >= 0.6 is 0 Å². The Morgan fingerprint density at radius 3 is 1.86 bits per heavy atom. The van der Waals surface area contributed by atoms with Crippen molar-refractivity contribution in [1.29, 1.82) is 0 Å². The van der Waals surface area contributed by atoms with Gasteiger partial charge in [0.15, 0.2) is 0 Å². The normalized spacial score (nSPS) is 12.1. The van der Waals surface area contributed by atoms with Gasteiger partial charge in [0.1, 0.15) is 0 Å². The van der Waals surface area contributed by atoms with Gasteiger partial charge in [0, 0.05) is 0 Å². The van der Waals surface area contributed by atoms with Gasteiger partial charge in [-0.05, 0) is 0 Å². The molecule has 0 aromatic carbocycles. The van der Waals surface area contributed by atoms with E-state index in [1.165, 1.54) is 12.8 Å². The van der Waals surface area contributed by atoms with Crippen molar-refractivity contribution in [2.24, 2.45) is 0 Å². The maximum atomic E-state index is 2.40. The molecule has 7 heavy (non-hydrogen) atoms. The summed E-state index contributed by atoms with van der Waals surface area (Å²) in [5, 5.41) is 0. The van der Waals surface area contributed by atoms with Crippen LogP contribution in [-0.2, 0) is 0 Å². The first-order chi connectivity index (χ1) is 3.35. The molecule has 0 atom stereocenters. The predicted molar refractivity (Wildman–Crippen MR) is 38.6 cm³/mol. The number of hydrogen-bond acceptors (Lipinski definition) is 0. The fraction of sp³-hybridized carbons (Fsp3) is 1.00. The van der Waals surface area contributed by atoms with Crippen LogP contribution in [0.4, 0.5) is 0 Å². The third-order valence-corrected chi connectivity index (χ3v) is 4.04. The van der Waals surface area contributed by atoms with Crippen LogP contribution in [0.5, 0.6) is 0 Å². The molecule has 0 aliphatic carbocycles. The van der Waals surface area contributed by atoms with Crippen molar-refractivity contribution in [3.63, 3.8) is 0 Å². The van der Waals surface area contributed by atoms with E-state index in [4.69, 9.17) is 0 Å². The van der Waals surface area contributed by atoms with E-state index >= 15 is 0 Å². The average molecular weight is 108 g/mol. The Kier molecular flexibility index (Phi) is 5.54.